The van der Waals surface area contributed by atoms with Gasteiger partial charge in [-0.25, -0.2) is 13.1 Å². The second kappa shape index (κ2) is 6.29. The van der Waals surface area contributed by atoms with E-state index in [-0.39, 0.29) is 34.7 Å². The first-order valence-electron chi connectivity index (χ1n) is 8.18. The quantitative estimate of drug-likeness (QED) is 0.809. The van der Waals surface area contributed by atoms with Crippen LogP contribution >= 0.6 is 11.6 Å². The highest BCUT2D eigenvalue weighted by Gasteiger charge is 2.36. The zero-order valence-electron chi connectivity index (χ0n) is 13.9. The molecule has 26 heavy (non-hydrogen) atoms. The summed E-state index contributed by atoms with van der Waals surface area (Å²) in [5, 5.41) is 2.58. The molecule has 1 saturated carbocycles. The van der Waals surface area contributed by atoms with Gasteiger partial charge < -0.3 is 14.5 Å². The van der Waals surface area contributed by atoms with E-state index in [0.717, 1.165) is 12.2 Å². The maximum Gasteiger partial charge on any atom is 0.262 e. The molecule has 1 amide bonds. The van der Waals surface area contributed by atoms with Crippen molar-refractivity contribution in [2.75, 3.05) is 11.9 Å². The molecule has 2 aromatic rings. The lowest BCUT2D eigenvalue weighted by Crippen LogP contribution is -2.27. The van der Waals surface area contributed by atoms with E-state index in [1.165, 1.54) is 12.1 Å². The fourth-order valence-electron chi connectivity index (χ4n) is 2.94. The second-order valence-electron chi connectivity index (χ2n) is 6.56. The molecular formula is C17H17ClN2O5S. The molecule has 4 rings (SSSR count). The Bertz CT molecular complexity index is 985. The highest BCUT2D eigenvalue weighted by Crippen LogP contribution is 2.47. The first-order valence-corrected chi connectivity index (χ1v) is 10.0. The average Bonchev–Trinajstić information content (AvgIpc) is 3.13. The van der Waals surface area contributed by atoms with Gasteiger partial charge in [-0.05, 0) is 30.5 Å². The van der Waals surface area contributed by atoms with E-state index in [2.05, 4.69) is 17.0 Å². The van der Waals surface area contributed by atoms with Crippen LogP contribution in [0.2, 0.25) is 5.02 Å². The molecule has 7 nitrogen and oxygen atoms in total. The van der Waals surface area contributed by atoms with Gasteiger partial charge in [-0.2, -0.15) is 0 Å². The summed E-state index contributed by atoms with van der Waals surface area (Å²) in [7, 11) is -3.88. The molecular weight excluding hydrogens is 380 g/mol. The van der Waals surface area contributed by atoms with E-state index in [4.69, 9.17) is 20.8 Å². The lowest BCUT2D eigenvalue weighted by Gasteiger charge is -2.19. The van der Waals surface area contributed by atoms with Crippen LogP contribution < -0.4 is 14.8 Å². The Morgan fingerprint density at radius 3 is 2.85 bits per heavy atom. The van der Waals surface area contributed by atoms with E-state index in [0.29, 0.717) is 23.3 Å². The Kier molecular flexibility index (Phi) is 4.21. The standard InChI is InChI=1S/C17H17ClN2O5S/c1-9-4-11(9)14-3-2-10(25-14)7-19-26(22,23)16-6-15-13(5-12(16)18)20-17(21)8-24-15/h2-3,5-6,9,11,19H,4,7-8H2,1H3,(H,20,21)/t9-,11+/m1/s1. The smallest absolute Gasteiger partial charge is 0.262 e. The molecule has 0 bridgehead atoms. The molecule has 1 aromatic carbocycles. The number of nitrogens with one attached hydrogen (secondary N) is 2. The van der Waals surface area contributed by atoms with Gasteiger partial charge in [0, 0.05) is 12.0 Å². The van der Waals surface area contributed by atoms with Gasteiger partial charge in [0.15, 0.2) is 6.61 Å². The largest absolute Gasteiger partial charge is 0.482 e. The van der Waals surface area contributed by atoms with Crippen LogP contribution in [0.5, 0.6) is 5.75 Å². The van der Waals surface area contributed by atoms with Crippen molar-refractivity contribution < 1.29 is 22.4 Å². The predicted octanol–water partition coefficient (Wildman–Crippen LogP) is 2.87. The van der Waals surface area contributed by atoms with Crippen LogP contribution in [0.1, 0.15) is 30.8 Å². The molecule has 1 fully saturated rings. The van der Waals surface area contributed by atoms with Gasteiger partial charge in [0.25, 0.3) is 5.91 Å². The molecule has 0 unspecified atom stereocenters. The van der Waals surface area contributed by atoms with Crippen molar-refractivity contribution in [3.8, 4) is 5.75 Å². The predicted molar refractivity (Wildman–Crippen MR) is 94.8 cm³/mol. The first-order chi connectivity index (χ1) is 12.3. The first kappa shape index (κ1) is 17.4. The number of benzene rings is 1. The van der Waals surface area contributed by atoms with Gasteiger partial charge in [0.1, 0.15) is 22.2 Å². The molecule has 138 valence electrons. The minimum atomic E-state index is -3.88. The van der Waals surface area contributed by atoms with Gasteiger partial charge in [-0.15, -0.1) is 0 Å². The minimum Gasteiger partial charge on any atom is -0.482 e. The van der Waals surface area contributed by atoms with E-state index in [9.17, 15) is 13.2 Å². The maximum atomic E-state index is 12.6. The molecule has 2 N–H and O–H groups in total. The number of halogens is 1. The van der Waals surface area contributed by atoms with Crippen LogP contribution in [0.15, 0.2) is 33.6 Å². The van der Waals surface area contributed by atoms with Gasteiger partial charge >= 0.3 is 0 Å². The van der Waals surface area contributed by atoms with Crippen molar-refractivity contribution in [3.63, 3.8) is 0 Å². The van der Waals surface area contributed by atoms with Gasteiger partial charge in [0.05, 0.1) is 17.3 Å². The molecule has 2 aliphatic rings. The van der Waals surface area contributed by atoms with E-state index in [1.807, 2.05) is 6.07 Å². The number of rotatable bonds is 5. The third kappa shape index (κ3) is 3.32. The van der Waals surface area contributed by atoms with Crippen LogP contribution in [-0.2, 0) is 21.4 Å². The van der Waals surface area contributed by atoms with Crippen molar-refractivity contribution in [1.29, 1.82) is 0 Å². The normalized spacial score (nSPS) is 21.7. The van der Waals surface area contributed by atoms with Crippen molar-refractivity contribution in [3.05, 3.63) is 40.8 Å². The summed E-state index contributed by atoms with van der Waals surface area (Å²) in [5.41, 5.74) is 0.347. The summed E-state index contributed by atoms with van der Waals surface area (Å²) in [5.74, 6) is 2.42. The third-order valence-electron chi connectivity index (χ3n) is 4.55. The Hall–Kier alpha value is -2.03. The molecule has 1 aromatic heterocycles. The van der Waals surface area contributed by atoms with Gasteiger partial charge in [0.2, 0.25) is 10.0 Å². The fourth-order valence-corrected chi connectivity index (χ4v) is 4.47. The van der Waals surface area contributed by atoms with Crippen molar-refractivity contribution >= 4 is 33.2 Å². The number of carbonyl (C=O) groups excluding carboxylic acids is 1. The number of anilines is 1. The van der Waals surface area contributed by atoms with Gasteiger partial charge in [-0.3, -0.25) is 4.79 Å². The molecule has 9 heteroatoms. The van der Waals surface area contributed by atoms with Crippen molar-refractivity contribution in [2.24, 2.45) is 5.92 Å². The summed E-state index contributed by atoms with van der Waals surface area (Å²) < 4.78 is 38.7. The number of ether oxygens (including phenoxy) is 1. The monoisotopic (exact) mass is 396 g/mol. The number of fused-ring (bicyclic) bond motifs is 1. The zero-order chi connectivity index (χ0) is 18.5. The Labute approximate surface area is 155 Å². The van der Waals surface area contributed by atoms with Crippen LogP contribution in [0.25, 0.3) is 0 Å². The molecule has 2 heterocycles. The number of carbonyl (C=O) groups is 1. The lowest BCUT2D eigenvalue weighted by molar-refractivity contribution is -0.118. The van der Waals surface area contributed by atoms with Crippen LogP contribution in [0, 0.1) is 5.92 Å². The lowest BCUT2D eigenvalue weighted by atomic mass is 10.2. The Morgan fingerprint density at radius 2 is 2.12 bits per heavy atom. The van der Waals surface area contributed by atoms with Gasteiger partial charge in [-0.1, -0.05) is 18.5 Å². The van der Waals surface area contributed by atoms with Crippen LogP contribution in [0.4, 0.5) is 5.69 Å². The molecule has 1 aliphatic carbocycles. The van der Waals surface area contributed by atoms with E-state index >= 15 is 0 Å². The Balaban J connectivity index is 1.51. The zero-order valence-corrected chi connectivity index (χ0v) is 15.5. The second-order valence-corrected chi connectivity index (χ2v) is 8.71. The van der Waals surface area contributed by atoms with Crippen LogP contribution in [-0.4, -0.2) is 20.9 Å². The highest BCUT2D eigenvalue weighted by molar-refractivity contribution is 7.89. The summed E-state index contributed by atoms with van der Waals surface area (Å²) >= 11 is 6.10. The minimum absolute atomic E-state index is 0.00557. The molecule has 0 radical (unpaired) electrons. The summed E-state index contributed by atoms with van der Waals surface area (Å²) in [6, 6.07) is 6.33. The molecule has 1 aliphatic heterocycles. The summed E-state index contributed by atoms with van der Waals surface area (Å²) in [6.45, 7) is 2.00. The van der Waals surface area contributed by atoms with Crippen LogP contribution in [0.3, 0.4) is 0 Å². The van der Waals surface area contributed by atoms with Crippen molar-refractivity contribution in [2.45, 2.75) is 30.7 Å². The molecule has 0 spiro atoms. The van der Waals surface area contributed by atoms with E-state index in [1.54, 1.807) is 6.07 Å². The SMILES string of the molecule is C[C@@H]1C[C@@H]1c1ccc(CNS(=O)(=O)c2cc3c(cc2Cl)NC(=O)CO3)o1. The highest BCUT2D eigenvalue weighted by atomic mass is 35.5. The fraction of sp³-hybridized carbons (Fsp3) is 0.353. The van der Waals surface area contributed by atoms with Crippen molar-refractivity contribution in [1.82, 2.24) is 4.72 Å². The molecule has 2 atom stereocenters. The van der Waals surface area contributed by atoms with E-state index < -0.39 is 10.0 Å². The number of furan rings is 1. The number of amides is 1. The maximum absolute atomic E-state index is 12.6. The number of sulfonamides is 1. The topological polar surface area (TPSA) is 97.6 Å². The number of hydrogen-bond acceptors (Lipinski definition) is 5. The third-order valence-corrected chi connectivity index (χ3v) is 6.42. The summed E-state index contributed by atoms with van der Waals surface area (Å²) in [6.07, 6.45) is 1.10. The average molecular weight is 397 g/mol. The molecule has 0 saturated heterocycles. The summed E-state index contributed by atoms with van der Waals surface area (Å²) in [4.78, 5) is 11.2. The Morgan fingerprint density at radius 1 is 1.35 bits per heavy atom. The number of hydrogen-bond donors (Lipinski definition) is 2.